The van der Waals surface area contributed by atoms with Crippen molar-refractivity contribution in [1.29, 1.82) is 0 Å². The summed E-state index contributed by atoms with van der Waals surface area (Å²) in [5.41, 5.74) is 1.16. The number of hydrogen-bond acceptors (Lipinski definition) is 12. The van der Waals surface area contributed by atoms with Gasteiger partial charge in [-0.25, -0.2) is 0 Å². The molecular weight excluding hydrogens is 438 g/mol. The van der Waals surface area contributed by atoms with Gasteiger partial charge in [0.1, 0.15) is 12.3 Å². The molecule has 0 fully saturated rings. The maximum Gasteiger partial charge on any atom is 0.339 e. The standard InChI is InChI=1S/C16H20N4O8P2/c1-23-29(21,24-2)9-13-17-19-15(27-13)11-6-5-7-12(8-11)16-20-18-14(28-16)10-30(22,25-3)26-4/h5-8H,9-10H2,1-4H3. The summed E-state index contributed by atoms with van der Waals surface area (Å²) in [7, 11) is -1.54. The normalized spacial score (nSPS) is 12.4. The SMILES string of the molecule is COP(=O)(Cc1nnc(-c2cccc(-c3nnc(CP(=O)(OC)OC)o3)c2)o1)OC. The highest BCUT2D eigenvalue weighted by Gasteiger charge is 2.27. The van der Waals surface area contributed by atoms with E-state index in [0.29, 0.717) is 11.1 Å². The lowest BCUT2D eigenvalue weighted by Gasteiger charge is -2.10. The fourth-order valence-electron chi connectivity index (χ4n) is 2.39. The molecule has 0 saturated heterocycles. The Morgan fingerprint density at radius 3 is 1.50 bits per heavy atom. The van der Waals surface area contributed by atoms with Crippen LogP contribution in [0.2, 0.25) is 0 Å². The largest absolute Gasteiger partial charge is 0.420 e. The Morgan fingerprint density at radius 1 is 0.733 bits per heavy atom. The fourth-order valence-corrected chi connectivity index (χ4v) is 4.12. The predicted molar refractivity (Wildman–Crippen MR) is 104 cm³/mol. The van der Waals surface area contributed by atoms with Gasteiger partial charge in [-0.3, -0.25) is 9.13 Å². The molecule has 0 radical (unpaired) electrons. The van der Waals surface area contributed by atoms with Gasteiger partial charge in [0.15, 0.2) is 0 Å². The van der Waals surface area contributed by atoms with Gasteiger partial charge >= 0.3 is 15.2 Å². The second-order valence-corrected chi connectivity index (χ2v) is 10.4. The van der Waals surface area contributed by atoms with Crippen molar-refractivity contribution < 1.29 is 36.1 Å². The van der Waals surface area contributed by atoms with Crippen LogP contribution >= 0.6 is 15.2 Å². The average Bonchev–Trinajstić information content (AvgIpc) is 3.43. The minimum atomic E-state index is -3.33. The van der Waals surface area contributed by atoms with Crippen molar-refractivity contribution in [2.45, 2.75) is 12.3 Å². The summed E-state index contributed by atoms with van der Waals surface area (Å²) in [4.78, 5) is 0. The van der Waals surface area contributed by atoms with Crippen molar-refractivity contribution in [1.82, 2.24) is 20.4 Å². The lowest BCUT2D eigenvalue weighted by atomic mass is 10.1. The summed E-state index contributed by atoms with van der Waals surface area (Å²) >= 11 is 0. The first-order valence-corrected chi connectivity index (χ1v) is 12.0. The number of rotatable bonds is 10. The van der Waals surface area contributed by atoms with Crippen LogP contribution < -0.4 is 0 Å². The first kappa shape index (κ1) is 22.5. The lowest BCUT2D eigenvalue weighted by Crippen LogP contribution is -1.93. The van der Waals surface area contributed by atoms with Crippen LogP contribution in [0.3, 0.4) is 0 Å². The van der Waals surface area contributed by atoms with E-state index in [1.165, 1.54) is 28.4 Å². The Labute approximate surface area is 172 Å². The topological polar surface area (TPSA) is 149 Å². The fraction of sp³-hybridized carbons (Fsp3) is 0.375. The first-order chi connectivity index (χ1) is 14.3. The van der Waals surface area contributed by atoms with E-state index in [1.807, 2.05) is 0 Å². The van der Waals surface area contributed by atoms with E-state index >= 15 is 0 Å². The minimum absolute atomic E-state index is 0.109. The van der Waals surface area contributed by atoms with E-state index in [1.54, 1.807) is 24.3 Å². The minimum Gasteiger partial charge on any atom is -0.420 e. The zero-order valence-corrected chi connectivity index (χ0v) is 18.5. The highest BCUT2D eigenvalue weighted by Crippen LogP contribution is 2.50. The van der Waals surface area contributed by atoms with E-state index < -0.39 is 15.2 Å². The Bertz CT molecular complexity index is 1000. The van der Waals surface area contributed by atoms with E-state index in [0.717, 1.165) is 0 Å². The first-order valence-electron chi connectivity index (χ1n) is 8.50. The van der Waals surface area contributed by atoms with Crippen molar-refractivity contribution in [2.75, 3.05) is 28.4 Å². The Hall–Kier alpha value is -2.20. The van der Waals surface area contributed by atoms with Crippen LogP contribution in [0.15, 0.2) is 33.1 Å². The molecule has 0 bridgehead atoms. The smallest absolute Gasteiger partial charge is 0.339 e. The van der Waals surface area contributed by atoms with Gasteiger partial charge in [-0.15, -0.1) is 20.4 Å². The predicted octanol–water partition coefficient (Wildman–Crippen LogP) is 3.76. The van der Waals surface area contributed by atoms with Crippen LogP contribution in [0, 0.1) is 0 Å². The van der Waals surface area contributed by atoms with Crippen LogP contribution in [0.25, 0.3) is 22.9 Å². The maximum absolute atomic E-state index is 12.2. The molecule has 12 nitrogen and oxygen atoms in total. The summed E-state index contributed by atoms with van der Waals surface area (Å²) in [5.74, 6) is 0.622. The molecule has 0 atom stereocenters. The molecule has 0 aliphatic carbocycles. The summed E-state index contributed by atoms with van der Waals surface area (Å²) < 4.78 is 55.1. The van der Waals surface area contributed by atoms with Gasteiger partial charge in [0.05, 0.1) is 0 Å². The third-order valence-electron chi connectivity index (χ3n) is 4.06. The van der Waals surface area contributed by atoms with Crippen molar-refractivity contribution in [3.05, 3.63) is 36.0 Å². The van der Waals surface area contributed by atoms with Gasteiger partial charge in [-0.2, -0.15) is 0 Å². The van der Waals surface area contributed by atoms with E-state index in [4.69, 9.17) is 26.9 Å². The molecule has 0 amide bonds. The van der Waals surface area contributed by atoms with Crippen LogP contribution in [-0.2, 0) is 39.5 Å². The van der Waals surface area contributed by atoms with Crippen molar-refractivity contribution in [3.8, 4) is 22.9 Å². The highest BCUT2D eigenvalue weighted by molar-refractivity contribution is 7.53. The molecule has 0 saturated carbocycles. The van der Waals surface area contributed by atoms with Crippen molar-refractivity contribution in [3.63, 3.8) is 0 Å². The molecule has 162 valence electrons. The number of aromatic nitrogens is 4. The average molecular weight is 458 g/mol. The Morgan fingerprint density at radius 2 is 1.13 bits per heavy atom. The number of hydrogen-bond donors (Lipinski definition) is 0. The molecule has 2 aromatic heterocycles. The molecule has 0 aliphatic heterocycles. The molecule has 2 heterocycles. The van der Waals surface area contributed by atoms with Gasteiger partial charge < -0.3 is 26.9 Å². The Kier molecular flexibility index (Phi) is 6.97. The zero-order valence-electron chi connectivity index (χ0n) is 16.7. The number of nitrogens with zero attached hydrogens (tertiary/aromatic N) is 4. The second kappa shape index (κ2) is 9.30. The lowest BCUT2D eigenvalue weighted by molar-refractivity contribution is 0.270. The van der Waals surface area contributed by atoms with Crippen molar-refractivity contribution >= 4 is 15.2 Å². The second-order valence-electron chi connectivity index (χ2n) is 5.85. The molecule has 0 aliphatic rings. The molecule has 30 heavy (non-hydrogen) atoms. The summed E-state index contributed by atoms with van der Waals surface area (Å²) in [5, 5.41) is 15.7. The van der Waals surface area contributed by atoms with E-state index in [9.17, 15) is 9.13 Å². The molecule has 1 aromatic carbocycles. The van der Waals surface area contributed by atoms with Gasteiger partial charge in [-0.05, 0) is 18.2 Å². The molecule has 14 heteroatoms. The summed E-state index contributed by atoms with van der Waals surface area (Å²) in [6.45, 7) is 0. The molecule has 0 unspecified atom stereocenters. The van der Waals surface area contributed by atoms with Crippen LogP contribution in [-0.4, -0.2) is 48.8 Å². The van der Waals surface area contributed by atoms with Gasteiger partial charge in [0.25, 0.3) is 0 Å². The zero-order chi connectivity index (χ0) is 21.8. The van der Waals surface area contributed by atoms with Gasteiger partial charge in [0, 0.05) is 39.6 Å². The Balaban J connectivity index is 1.81. The molecular formula is C16H20N4O8P2. The van der Waals surface area contributed by atoms with Gasteiger partial charge in [-0.1, -0.05) is 6.07 Å². The van der Waals surface area contributed by atoms with Crippen LogP contribution in [0.1, 0.15) is 11.8 Å². The third-order valence-corrected chi connectivity index (χ3v) is 7.60. The maximum atomic E-state index is 12.2. The molecule has 0 spiro atoms. The van der Waals surface area contributed by atoms with E-state index in [-0.39, 0.29) is 35.9 Å². The van der Waals surface area contributed by atoms with Crippen molar-refractivity contribution in [2.24, 2.45) is 0 Å². The quantitative estimate of drug-likeness (QED) is 0.407. The number of benzene rings is 1. The summed E-state index contributed by atoms with van der Waals surface area (Å²) in [6, 6.07) is 6.93. The molecule has 3 rings (SSSR count). The summed E-state index contributed by atoms with van der Waals surface area (Å²) in [6.07, 6.45) is -0.308. The van der Waals surface area contributed by atoms with Crippen LogP contribution in [0.4, 0.5) is 0 Å². The third kappa shape index (κ3) is 5.10. The molecule has 0 N–H and O–H groups in total. The highest BCUT2D eigenvalue weighted by atomic mass is 31.2. The monoisotopic (exact) mass is 458 g/mol. The van der Waals surface area contributed by atoms with E-state index in [2.05, 4.69) is 20.4 Å². The van der Waals surface area contributed by atoms with Crippen LogP contribution in [0.5, 0.6) is 0 Å². The van der Waals surface area contributed by atoms with Gasteiger partial charge in [0.2, 0.25) is 23.6 Å². The molecule has 3 aromatic rings.